The number of thioether (sulfide) groups is 2. The number of benzene rings is 2. The van der Waals surface area contributed by atoms with Gasteiger partial charge in [0.15, 0.2) is 0 Å². The van der Waals surface area contributed by atoms with Crippen molar-refractivity contribution in [1.82, 2.24) is 4.57 Å². The first-order valence-electron chi connectivity index (χ1n) is 5.85. The SMILES string of the molecule is CSc1ccc2c(c1)c1cc(SC)ccc1n2C. The molecule has 0 atom stereocenters. The molecule has 0 amide bonds. The molecule has 3 heteroatoms. The third-order valence-electron chi connectivity index (χ3n) is 3.42. The Kier molecular flexibility index (Phi) is 3.04. The number of hydrogen-bond acceptors (Lipinski definition) is 2. The van der Waals surface area contributed by atoms with Gasteiger partial charge in [-0.3, -0.25) is 0 Å². The zero-order valence-corrected chi connectivity index (χ0v) is 12.4. The molecule has 0 fully saturated rings. The van der Waals surface area contributed by atoms with E-state index in [1.807, 2.05) is 0 Å². The molecule has 0 radical (unpaired) electrons. The number of aromatic nitrogens is 1. The zero-order valence-electron chi connectivity index (χ0n) is 10.7. The third kappa shape index (κ3) is 1.73. The number of fused-ring (bicyclic) bond motifs is 3. The smallest absolute Gasteiger partial charge is 0.0489 e. The molecule has 2 aromatic carbocycles. The van der Waals surface area contributed by atoms with Gasteiger partial charge >= 0.3 is 0 Å². The van der Waals surface area contributed by atoms with Gasteiger partial charge in [0.2, 0.25) is 0 Å². The first-order valence-corrected chi connectivity index (χ1v) is 8.29. The molecule has 1 nitrogen and oxygen atoms in total. The minimum atomic E-state index is 1.31. The quantitative estimate of drug-likeness (QED) is 0.619. The van der Waals surface area contributed by atoms with Crippen molar-refractivity contribution in [3.63, 3.8) is 0 Å². The van der Waals surface area contributed by atoms with Gasteiger partial charge in [-0.15, -0.1) is 23.5 Å². The molecule has 0 saturated carbocycles. The van der Waals surface area contributed by atoms with Gasteiger partial charge in [0.05, 0.1) is 0 Å². The van der Waals surface area contributed by atoms with E-state index in [2.05, 4.69) is 60.5 Å². The number of nitrogens with zero attached hydrogens (tertiary/aromatic N) is 1. The van der Waals surface area contributed by atoms with E-state index in [1.165, 1.54) is 31.6 Å². The molecule has 1 heterocycles. The first kappa shape index (κ1) is 12.0. The molecule has 92 valence electrons. The van der Waals surface area contributed by atoms with Gasteiger partial charge in [0, 0.05) is 38.6 Å². The van der Waals surface area contributed by atoms with Gasteiger partial charge in [0.25, 0.3) is 0 Å². The highest BCUT2D eigenvalue weighted by atomic mass is 32.2. The summed E-state index contributed by atoms with van der Waals surface area (Å²) in [6, 6.07) is 13.4. The van der Waals surface area contributed by atoms with Crippen molar-refractivity contribution in [3.05, 3.63) is 36.4 Å². The summed E-state index contributed by atoms with van der Waals surface area (Å²) in [6.07, 6.45) is 4.25. The summed E-state index contributed by atoms with van der Waals surface area (Å²) < 4.78 is 2.28. The molecule has 0 spiro atoms. The maximum atomic E-state index is 2.30. The highest BCUT2D eigenvalue weighted by Gasteiger charge is 2.09. The zero-order chi connectivity index (χ0) is 12.7. The molecular weight excluding hydrogens is 258 g/mol. The number of hydrogen-bond donors (Lipinski definition) is 0. The Labute approximate surface area is 116 Å². The van der Waals surface area contributed by atoms with Crippen LogP contribution in [0.15, 0.2) is 46.2 Å². The number of aryl methyl sites for hydroxylation is 1. The largest absolute Gasteiger partial charge is 0.344 e. The Morgan fingerprint density at radius 2 is 1.22 bits per heavy atom. The Morgan fingerprint density at radius 1 is 0.778 bits per heavy atom. The third-order valence-corrected chi connectivity index (χ3v) is 4.87. The standard InChI is InChI=1S/C15H15NS2/c1-16-14-6-4-10(17-2)8-12(14)13-9-11(18-3)5-7-15(13)16/h4-9H,1-3H3. The molecule has 0 unspecified atom stereocenters. The maximum Gasteiger partial charge on any atom is 0.0489 e. The Hall–Kier alpha value is -1.06. The topological polar surface area (TPSA) is 4.93 Å². The summed E-state index contributed by atoms with van der Waals surface area (Å²) >= 11 is 3.59. The van der Waals surface area contributed by atoms with Crippen LogP contribution in [0.4, 0.5) is 0 Å². The van der Waals surface area contributed by atoms with E-state index in [0.29, 0.717) is 0 Å². The molecule has 18 heavy (non-hydrogen) atoms. The van der Waals surface area contributed by atoms with Crippen LogP contribution in [-0.2, 0) is 7.05 Å². The van der Waals surface area contributed by atoms with Crippen molar-refractivity contribution in [2.24, 2.45) is 7.05 Å². The predicted molar refractivity (Wildman–Crippen MR) is 84.0 cm³/mol. The van der Waals surface area contributed by atoms with E-state index in [1.54, 1.807) is 23.5 Å². The Morgan fingerprint density at radius 3 is 1.61 bits per heavy atom. The summed E-state index contributed by atoms with van der Waals surface area (Å²) in [6.45, 7) is 0. The van der Waals surface area contributed by atoms with Crippen LogP contribution in [-0.4, -0.2) is 17.1 Å². The molecule has 3 rings (SSSR count). The average Bonchev–Trinajstić information content (AvgIpc) is 2.71. The summed E-state index contributed by atoms with van der Waals surface area (Å²) in [7, 11) is 2.14. The molecule has 1 aromatic heterocycles. The van der Waals surface area contributed by atoms with E-state index >= 15 is 0 Å². The fourth-order valence-electron chi connectivity index (χ4n) is 2.43. The van der Waals surface area contributed by atoms with E-state index in [-0.39, 0.29) is 0 Å². The first-order chi connectivity index (χ1) is 8.74. The molecule has 0 aliphatic heterocycles. The fourth-order valence-corrected chi connectivity index (χ4v) is 3.31. The van der Waals surface area contributed by atoms with Gasteiger partial charge in [-0.2, -0.15) is 0 Å². The Bertz CT molecular complexity index is 667. The highest BCUT2D eigenvalue weighted by molar-refractivity contribution is 7.98. The second-order valence-electron chi connectivity index (χ2n) is 4.33. The normalized spacial score (nSPS) is 11.5. The van der Waals surface area contributed by atoms with E-state index in [0.717, 1.165) is 0 Å². The lowest BCUT2D eigenvalue weighted by Crippen LogP contribution is -1.85. The van der Waals surface area contributed by atoms with Gasteiger partial charge < -0.3 is 4.57 Å². The Balaban J connectivity index is 2.44. The van der Waals surface area contributed by atoms with Crippen LogP contribution in [0.25, 0.3) is 21.8 Å². The van der Waals surface area contributed by atoms with Crippen molar-refractivity contribution in [2.75, 3.05) is 12.5 Å². The summed E-state index contributed by atoms with van der Waals surface area (Å²) in [5, 5.41) is 2.71. The van der Waals surface area contributed by atoms with Crippen molar-refractivity contribution >= 4 is 45.3 Å². The van der Waals surface area contributed by atoms with Crippen LogP contribution < -0.4 is 0 Å². The molecule has 0 bridgehead atoms. The van der Waals surface area contributed by atoms with Gasteiger partial charge in [-0.25, -0.2) is 0 Å². The predicted octanol–water partition coefficient (Wildman–Crippen LogP) is 4.78. The van der Waals surface area contributed by atoms with Crippen LogP contribution in [0.3, 0.4) is 0 Å². The maximum absolute atomic E-state index is 2.30. The van der Waals surface area contributed by atoms with Gasteiger partial charge in [-0.1, -0.05) is 0 Å². The minimum Gasteiger partial charge on any atom is -0.344 e. The van der Waals surface area contributed by atoms with Gasteiger partial charge in [-0.05, 0) is 48.9 Å². The summed E-state index contributed by atoms with van der Waals surface area (Å²) in [5.41, 5.74) is 2.61. The van der Waals surface area contributed by atoms with Crippen molar-refractivity contribution < 1.29 is 0 Å². The molecular formula is C15H15NS2. The van der Waals surface area contributed by atoms with Crippen molar-refractivity contribution in [2.45, 2.75) is 9.79 Å². The van der Waals surface area contributed by atoms with Crippen LogP contribution in [0.2, 0.25) is 0 Å². The minimum absolute atomic E-state index is 1.31. The average molecular weight is 273 g/mol. The monoisotopic (exact) mass is 273 g/mol. The summed E-state index contributed by atoms with van der Waals surface area (Å²) in [4.78, 5) is 2.65. The molecule has 0 saturated heterocycles. The van der Waals surface area contributed by atoms with Crippen molar-refractivity contribution in [1.29, 1.82) is 0 Å². The summed E-state index contributed by atoms with van der Waals surface area (Å²) in [5.74, 6) is 0. The molecule has 3 aromatic rings. The lowest BCUT2D eigenvalue weighted by molar-refractivity contribution is 1.01. The van der Waals surface area contributed by atoms with Crippen LogP contribution in [0, 0.1) is 0 Å². The van der Waals surface area contributed by atoms with Crippen LogP contribution in [0.1, 0.15) is 0 Å². The van der Waals surface area contributed by atoms with E-state index in [4.69, 9.17) is 0 Å². The van der Waals surface area contributed by atoms with Gasteiger partial charge in [0.1, 0.15) is 0 Å². The highest BCUT2D eigenvalue weighted by Crippen LogP contribution is 2.33. The second-order valence-corrected chi connectivity index (χ2v) is 6.08. The fraction of sp³-hybridized carbons (Fsp3) is 0.200. The molecule has 0 aliphatic rings. The second kappa shape index (κ2) is 4.56. The van der Waals surface area contributed by atoms with E-state index < -0.39 is 0 Å². The number of rotatable bonds is 2. The lowest BCUT2D eigenvalue weighted by Gasteiger charge is -1.99. The molecule has 0 N–H and O–H groups in total. The van der Waals surface area contributed by atoms with Crippen molar-refractivity contribution in [3.8, 4) is 0 Å². The van der Waals surface area contributed by atoms with Crippen LogP contribution >= 0.6 is 23.5 Å². The van der Waals surface area contributed by atoms with Crippen LogP contribution in [0.5, 0.6) is 0 Å². The van der Waals surface area contributed by atoms with E-state index in [9.17, 15) is 0 Å². The lowest BCUT2D eigenvalue weighted by atomic mass is 10.1. The molecule has 0 aliphatic carbocycles.